The maximum Gasteiger partial charge on any atom is 0.437 e. The van der Waals surface area contributed by atoms with Crippen LogP contribution in [0.5, 0.6) is 0 Å². The number of nitro groups is 5. The van der Waals surface area contributed by atoms with Gasteiger partial charge in [-0.2, -0.15) is 0 Å². The lowest BCUT2D eigenvalue weighted by Crippen LogP contribution is -2.18. The molecule has 0 saturated heterocycles. The van der Waals surface area contributed by atoms with Crippen molar-refractivity contribution in [1.29, 1.82) is 0 Å². The molecule has 0 aliphatic heterocycles. The summed E-state index contributed by atoms with van der Waals surface area (Å²) in [5, 5.41) is 63.5. The van der Waals surface area contributed by atoms with Gasteiger partial charge in [0.15, 0.2) is 0 Å². The first-order valence-corrected chi connectivity index (χ1v) is 5.65. The van der Waals surface area contributed by atoms with E-state index in [-0.39, 0.29) is 0 Å². The standard InChI is InChI=1S/C7N6O14/c14-7(27-13(25)26)1-2(8(15)16)4(10(19)20)6(12(23)24)5(11(21)22)3(1)9(17)18. The SMILES string of the molecule is O=C(O[N+](=O)[O-])c1c([N+](=O)[O-])c([N+](=O)[O-])c([N+](=O)[O-])c([N+](=O)[O-])c1[N+](=O)[O-]. The second-order valence-corrected chi connectivity index (χ2v) is 4.01. The molecule has 20 nitrogen and oxygen atoms in total. The van der Waals surface area contributed by atoms with Crippen LogP contribution in [-0.2, 0) is 4.84 Å². The average molecular weight is 392 g/mol. The van der Waals surface area contributed by atoms with Crippen molar-refractivity contribution in [2.75, 3.05) is 0 Å². The van der Waals surface area contributed by atoms with Crippen LogP contribution >= 0.6 is 0 Å². The maximum atomic E-state index is 11.6. The average Bonchev–Trinajstić information content (AvgIpc) is 2.50. The van der Waals surface area contributed by atoms with Crippen LogP contribution in [0.3, 0.4) is 0 Å². The van der Waals surface area contributed by atoms with Gasteiger partial charge in [-0.3, -0.25) is 55.4 Å². The highest BCUT2D eigenvalue weighted by Crippen LogP contribution is 2.51. The predicted molar refractivity (Wildman–Crippen MR) is 72.1 cm³/mol. The number of nitrogens with zero attached hydrogens (tertiary/aromatic N) is 6. The molecule has 0 heterocycles. The van der Waals surface area contributed by atoms with Gasteiger partial charge in [-0.05, 0) is 0 Å². The van der Waals surface area contributed by atoms with Crippen LogP contribution in [0.1, 0.15) is 10.4 Å². The van der Waals surface area contributed by atoms with Gasteiger partial charge in [0.2, 0.25) is 5.56 Å². The van der Waals surface area contributed by atoms with E-state index in [0.717, 1.165) is 0 Å². The van der Waals surface area contributed by atoms with Gasteiger partial charge < -0.3 is 0 Å². The van der Waals surface area contributed by atoms with Crippen molar-refractivity contribution in [3.8, 4) is 0 Å². The number of carbonyl (C=O) groups excluding carboxylic acids is 1. The Morgan fingerprint density at radius 3 is 1.04 bits per heavy atom. The Labute approximate surface area is 141 Å². The molecule has 0 saturated carbocycles. The van der Waals surface area contributed by atoms with Crippen molar-refractivity contribution in [1.82, 2.24) is 0 Å². The van der Waals surface area contributed by atoms with Crippen LogP contribution in [0.15, 0.2) is 0 Å². The van der Waals surface area contributed by atoms with E-state index < -0.39 is 69.7 Å². The van der Waals surface area contributed by atoms with Gasteiger partial charge in [-0.15, -0.1) is 10.1 Å². The van der Waals surface area contributed by atoms with E-state index in [1.54, 1.807) is 0 Å². The third-order valence-electron chi connectivity index (χ3n) is 2.65. The molecule has 1 aromatic carbocycles. The molecule has 27 heavy (non-hydrogen) atoms. The Balaban J connectivity index is 4.44. The molecular weight excluding hydrogens is 392 g/mol. The first kappa shape index (κ1) is 20.1. The van der Waals surface area contributed by atoms with Crippen molar-refractivity contribution >= 4 is 34.4 Å². The van der Waals surface area contributed by atoms with E-state index in [1.807, 2.05) is 0 Å². The molecule has 1 aromatic rings. The van der Waals surface area contributed by atoms with Crippen LogP contribution in [0, 0.1) is 60.7 Å². The summed E-state index contributed by atoms with van der Waals surface area (Å²) in [5.41, 5.74) is -13.6. The Kier molecular flexibility index (Phi) is 5.16. The van der Waals surface area contributed by atoms with Crippen LogP contribution in [0.2, 0.25) is 0 Å². The summed E-state index contributed by atoms with van der Waals surface area (Å²) in [4.78, 5) is 70.8. The summed E-state index contributed by atoms with van der Waals surface area (Å²) in [6.45, 7) is 0. The number of benzene rings is 1. The Hall–Kier alpha value is -4.91. The molecule has 0 bridgehead atoms. The smallest absolute Gasteiger partial charge is 0.262 e. The van der Waals surface area contributed by atoms with E-state index in [4.69, 9.17) is 0 Å². The molecule has 0 N–H and O–H groups in total. The molecule has 0 aromatic heterocycles. The zero-order valence-electron chi connectivity index (χ0n) is 11.9. The number of carbonyl (C=O) groups is 1. The molecule has 0 spiro atoms. The van der Waals surface area contributed by atoms with Crippen molar-refractivity contribution < 1.29 is 39.3 Å². The lowest BCUT2D eigenvalue weighted by Gasteiger charge is -2.04. The van der Waals surface area contributed by atoms with Crippen LogP contribution in [-0.4, -0.2) is 35.7 Å². The highest BCUT2D eigenvalue weighted by atomic mass is 17.0. The van der Waals surface area contributed by atoms with Crippen LogP contribution in [0.25, 0.3) is 0 Å². The highest BCUT2D eigenvalue weighted by Gasteiger charge is 2.56. The summed E-state index contributed by atoms with van der Waals surface area (Å²) in [7, 11) is 0. The summed E-state index contributed by atoms with van der Waals surface area (Å²) < 4.78 is 0. The molecule has 0 atom stereocenters. The Bertz CT molecular complexity index is 897. The number of nitro benzene ring substituents is 5. The van der Waals surface area contributed by atoms with E-state index >= 15 is 0 Å². The molecule has 20 heteroatoms. The minimum absolute atomic E-state index is 1.89. The fourth-order valence-electron chi connectivity index (χ4n) is 1.87. The largest absolute Gasteiger partial charge is 0.437 e. The van der Waals surface area contributed by atoms with Gasteiger partial charge in [0, 0.05) is 0 Å². The lowest BCUT2D eigenvalue weighted by molar-refractivity contribution is -0.727. The first-order chi connectivity index (χ1) is 12.3. The van der Waals surface area contributed by atoms with Gasteiger partial charge in [-0.25, -0.2) is 4.84 Å². The fourth-order valence-corrected chi connectivity index (χ4v) is 1.87. The van der Waals surface area contributed by atoms with Gasteiger partial charge in [0.05, 0.1) is 24.6 Å². The third-order valence-corrected chi connectivity index (χ3v) is 2.65. The fraction of sp³-hybridized carbons (Fsp3) is 0. The van der Waals surface area contributed by atoms with Gasteiger partial charge in [0.1, 0.15) is 0 Å². The molecule has 0 fully saturated rings. The van der Waals surface area contributed by atoms with E-state index in [1.165, 1.54) is 0 Å². The van der Waals surface area contributed by atoms with Gasteiger partial charge in [0.25, 0.3) is 0 Å². The predicted octanol–water partition coefficient (Wildman–Crippen LogP) is 0.576. The summed E-state index contributed by atoms with van der Waals surface area (Å²) in [6, 6.07) is 0. The molecule has 0 unspecified atom stereocenters. The van der Waals surface area contributed by atoms with Crippen molar-refractivity contribution in [2.45, 2.75) is 0 Å². The lowest BCUT2D eigenvalue weighted by atomic mass is 10.0. The van der Waals surface area contributed by atoms with Crippen molar-refractivity contribution in [2.24, 2.45) is 0 Å². The van der Waals surface area contributed by atoms with E-state index in [2.05, 4.69) is 4.84 Å². The number of hydrogen-bond donors (Lipinski definition) is 0. The van der Waals surface area contributed by atoms with Crippen molar-refractivity contribution in [3.63, 3.8) is 0 Å². The van der Waals surface area contributed by atoms with Crippen LogP contribution < -0.4 is 0 Å². The van der Waals surface area contributed by atoms with E-state index in [0.29, 0.717) is 0 Å². The summed E-state index contributed by atoms with van der Waals surface area (Å²) >= 11 is 0. The third kappa shape index (κ3) is 3.47. The highest BCUT2D eigenvalue weighted by molar-refractivity contribution is 6.05. The van der Waals surface area contributed by atoms with E-state index in [9.17, 15) is 65.5 Å². The summed E-state index contributed by atoms with van der Waals surface area (Å²) in [5.74, 6) is -2.57. The molecule has 0 amide bonds. The quantitative estimate of drug-likeness (QED) is 0.452. The minimum Gasteiger partial charge on any atom is -0.262 e. The Morgan fingerprint density at radius 2 is 0.815 bits per heavy atom. The molecule has 0 aliphatic rings. The summed E-state index contributed by atoms with van der Waals surface area (Å²) in [6.07, 6.45) is 0. The molecule has 1 rings (SSSR count). The van der Waals surface area contributed by atoms with Crippen molar-refractivity contribution in [3.05, 3.63) is 66.2 Å². The second kappa shape index (κ2) is 6.91. The first-order valence-electron chi connectivity index (χ1n) is 5.65. The zero-order valence-corrected chi connectivity index (χ0v) is 11.9. The number of rotatable bonds is 7. The normalized spacial score (nSPS) is 9.93. The zero-order chi connectivity index (χ0) is 21.2. The number of hydrogen-bond acceptors (Lipinski definition) is 14. The van der Waals surface area contributed by atoms with Crippen LogP contribution in [0.4, 0.5) is 28.4 Å². The molecule has 0 radical (unpaired) electrons. The second-order valence-electron chi connectivity index (χ2n) is 4.01. The van der Waals surface area contributed by atoms with Gasteiger partial charge in [-0.1, -0.05) is 0 Å². The topological polar surface area (TPSA) is 285 Å². The maximum absolute atomic E-state index is 11.6. The molecular formula is C7N6O14. The molecule has 0 aliphatic carbocycles. The minimum atomic E-state index is -2.57. The Morgan fingerprint density at radius 1 is 0.556 bits per heavy atom. The molecule has 142 valence electrons. The van der Waals surface area contributed by atoms with Gasteiger partial charge >= 0.3 is 39.5 Å². The monoisotopic (exact) mass is 392 g/mol.